The number of para-hydroxylation sites is 1. The molecule has 0 unspecified atom stereocenters. The first kappa shape index (κ1) is 32.7. The second-order valence-corrected chi connectivity index (χ2v) is 15.4. The van der Waals surface area contributed by atoms with Crippen molar-refractivity contribution in [2.24, 2.45) is 7.05 Å². The van der Waals surface area contributed by atoms with E-state index in [2.05, 4.69) is 166 Å². The molecule has 0 N–H and O–H groups in total. The van der Waals surface area contributed by atoms with Gasteiger partial charge >= 0.3 is 0 Å². The predicted octanol–water partition coefficient (Wildman–Crippen LogP) is 14.4. The van der Waals surface area contributed by atoms with Gasteiger partial charge in [0.2, 0.25) is 0 Å². The number of anilines is 2. The lowest BCUT2D eigenvalue weighted by Gasteiger charge is -2.31. The third-order valence-corrected chi connectivity index (χ3v) is 12.5. The molecule has 256 valence electrons. The van der Waals surface area contributed by atoms with Crippen molar-refractivity contribution < 1.29 is 0 Å². The van der Waals surface area contributed by atoms with Crippen molar-refractivity contribution in [2.45, 2.75) is 19.3 Å². The van der Waals surface area contributed by atoms with Crippen LogP contribution in [0, 0.1) is 0 Å². The standard InChI is InChI=1S/C50H40N2S/c1-8-17-32(9-2)52(33-25-27-45-41(29-33)37-18-12-14-22-44(37)51(45)7)46-30-43-48(35(11-4)34(46)10-3)40-26-24-31(28-42(40)50(43,5)6)36-20-16-21-39-38-19-13-15-23-47(38)53-49(36)39/h8-30H,1-4H2,5-7H3/b32-17+. The predicted molar refractivity (Wildman–Crippen MR) is 234 cm³/mol. The second kappa shape index (κ2) is 12.2. The fraction of sp³-hybridized carbons (Fsp3) is 0.0800. The van der Waals surface area contributed by atoms with E-state index in [-0.39, 0.29) is 5.41 Å². The summed E-state index contributed by atoms with van der Waals surface area (Å²) in [6.45, 7) is 21.8. The van der Waals surface area contributed by atoms with Gasteiger partial charge in [-0.2, -0.15) is 0 Å². The zero-order valence-corrected chi connectivity index (χ0v) is 31.2. The maximum Gasteiger partial charge on any atom is 0.0543 e. The van der Waals surface area contributed by atoms with Gasteiger partial charge in [-0.15, -0.1) is 11.3 Å². The van der Waals surface area contributed by atoms with Crippen molar-refractivity contribution in [3.05, 3.63) is 182 Å². The van der Waals surface area contributed by atoms with E-state index < -0.39 is 0 Å². The molecule has 0 spiro atoms. The van der Waals surface area contributed by atoms with Crippen molar-refractivity contribution in [1.29, 1.82) is 0 Å². The molecule has 8 aromatic rings. The summed E-state index contributed by atoms with van der Waals surface area (Å²) in [5.74, 6) is 0. The first-order valence-corrected chi connectivity index (χ1v) is 18.9. The highest BCUT2D eigenvalue weighted by Gasteiger charge is 2.39. The van der Waals surface area contributed by atoms with Crippen LogP contribution in [-0.2, 0) is 12.5 Å². The maximum atomic E-state index is 4.39. The molecule has 0 saturated carbocycles. The van der Waals surface area contributed by atoms with Crippen LogP contribution in [0.2, 0.25) is 0 Å². The van der Waals surface area contributed by atoms with Gasteiger partial charge in [-0.25, -0.2) is 0 Å². The quantitative estimate of drug-likeness (QED) is 0.143. The number of aryl methyl sites for hydroxylation is 1. The summed E-state index contributed by atoms with van der Waals surface area (Å²) >= 11 is 1.88. The Morgan fingerprint density at radius 3 is 2.19 bits per heavy atom. The van der Waals surface area contributed by atoms with Gasteiger partial charge in [0.1, 0.15) is 0 Å². The molecular formula is C50H40N2S. The van der Waals surface area contributed by atoms with E-state index in [1.54, 1.807) is 0 Å². The minimum absolute atomic E-state index is 0.289. The molecule has 3 heteroatoms. The van der Waals surface area contributed by atoms with Crippen LogP contribution in [0.5, 0.6) is 0 Å². The van der Waals surface area contributed by atoms with Gasteiger partial charge in [-0.1, -0.05) is 125 Å². The van der Waals surface area contributed by atoms with Gasteiger partial charge < -0.3 is 9.47 Å². The average molecular weight is 701 g/mol. The van der Waals surface area contributed by atoms with Crippen LogP contribution in [0.25, 0.3) is 76.4 Å². The van der Waals surface area contributed by atoms with E-state index in [1.807, 2.05) is 41.7 Å². The van der Waals surface area contributed by atoms with Gasteiger partial charge in [-0.05, 0) is 93.6 Å². The Morgan fingerprint density at radius 1 is 0.679 bits per heavy atom. The third kappa shape index (κ3) is 4.70. The zero-order chi connectivity index (χ0) is 36.6. The monoisotopic (exact) mass is 700 g/mol. The molecular weight excluding hydrogens is 661 g/mol. The summed E-state index contributed by atoms with van der Waals surface area (Å²) in [6.07, 6.45) is 9.74. The first-order chi connectivity index (χ1) is 25.8. The molecule has 2 nitrogen and oxygen atoms in total. The Balaban J connectivity index is 1.26. The highest BCUT2D eigenvalue weighted by atomic mass is 32.1. The van der Waals surface area contributed by atoms with Gasteiger partial charge in [0, 0.05) is 71.4 Å². The maximum absolute atomic E-state index is 4.39. The topological polar surface area (TPSA) is 8.17 Å². The van der Waals surface area contributed by atoms with E-state index in [9.17, 15) is 0 Å². The number of fused-ring (bicyclic) bond motifs is 9. The summed E-state index contributed by atoms with van der Waals surface area (Å²) in [5, 5.41) is 5.06. The summed E-state index contributed by atoms with van der Waals surface area (Å²) < 4.78 is 4.91. The Bertz CT molecular complexity index is 2910. The summed E-state index contributed by atoms with van der Waals surface area (Å²) in [6, 6.07) is 40.2. The molecule has 1 aliphatic rings. The number of hydrogen-bond acceptors (Lipinski definition) is 2. The lowest BCUT2D eigenvalue weighted by molar-refractivity contribution is 0.660. The molecule has 0 radical (unpaired) electrons. The number of nitrogens with zero attached hydrogens (tertiary/aromatic N) is 2. The van der Waals surface area contributed by atoms with Crippen LogP contribution in [0.4, 0.5) is 11.4 Å². The van der Waals surface area contributed by atoms with Crippen LogP contribution in [-0.4, -0.2) is 4.57 Å². The van der Waals surface area contributed by atoms with Crippen molar-refractivity contribution in [3.63, 3.8) is 0 Å². The van der Waals surface area contributed by atoms with E-state index >= 15 is 0 Å². The van der Waals surface area contributed by atoms with Crippen LogP contribution in [0.15, 0.2) is 159 Å². The van der Waals surface area contributed by atoms with Crippen LogP contribution >= 0.6 is 11.3 Å². The van der Waals surface area contributed by atoms with Gasteiger partial charge in [0.05, 0.1) is 5.69 Å². The second-order valence-electron chi connectivity index (χ2n) is 14.4. The zero-order valence-electron chi connectivity index (χ0n) is 30.4. The molecule has 2 aromatic heterocycles. The number of rotatable bonds is 8. The number of allylic oxidation sites excluding steroid dienone is 3. The number of thiophene rings is 1. The Hall–Kier alpha value is -6.16. The van der Waals surface area contributed by atoms with Crippen molar-refractivity contribution in [2.75, 3.05) is 4.90 Å². The molecule has 2 heterocycles. The molecule has 9 rings (SSSR count). The largest absolute Gasteiger partial charge is 0.344 e. The molecule has 0 fully saturated rings. The number of aromatic nitrogens is 1. The molecule has 0 bridgehead atoms. The molecule has 6 aromatic carbocycles. The van der Waals surface area contributed by atoms with Crippen LogP contribution in [0.1, 0.15) is 36.1 Å². The minimum Gasteiger partial charge on any atom is -0.344 e. The summed E-state index contributed by atoms with van der Waals surface area (Å²) in [5.41, 5.74) is 14.7. The summed E-state index contributed by atoms with van der Waals surface area (Å²) in [4.78, 5) is 2.30. The molecule has 1 aliphatic carbocycles. The van der Waals surface area contributed by atoms with Gasteiger partial charge in [0.15, 0.2) is 0 Å². The number of benzene rings is 6. The smallest absolute Gasteiger partial charge is 0.0543 e. The Morgan fingerprint density at radius 2 is 1.42 bits per heavy atom. The number of hydrogen-bond donors (Lipinski definition) is 0. The van der Waals surface area contributed by atoms with Crippen molar-refractivity contribution in [3.8, 4) is 22.3 Å². The van der Waals surface area contributed by atoms with Gasteiger partial charge in [0.25, 0.3) is 0 Å². The van der Waals surface area contributed by atoms with Crippen molar-refractivity contribution in [1.82, 2.24) is 4.57 Å². The molecule has 53 heavy (non-hydrogen) atoms. The van der Waals surface area contributed by atoms with Crippen LogP contribution < -0.4 is 4.90 Å². The van der Waals surface area contributed by atoms with E-state index in [4.69, 9.17) is 0 Å². The van der Waals surface area contributed by atoms with E-state index in [1.165, 1.54) is 75.4 Å². The molecule has 0 saturated heterocycles. The summed E-state index contributed by atoms with van der Waals surface area (Å²) in [7, 11) is 2.13. The molecule has 0 aliphatic heterocycles. The Labute approximate surface area is 315 Å². The van der Waals surface area contributed by atoms with Gasteiger partial charge in [-0.3, -0.25) is 0 Å². The van der Waals surface area contributed by atoms with Crippen LogP contribution in [0.3, 0.4) is 0 Å². The average Bonchev–Trinajstić information content (AvgIpc) is 3.78. The van der Waals surface area contributed by atoms with E-state index in [0.29, 0.717) is 0 Å². The lowest BCUT2D eigenvalue weighted by Crippen LogP contribution is -2.20. The highest BCUT2D eigenvalue weighted by molar-refractivity contribution is 7.26. The third-order valence-electron chi connectivity index (χ3n) is 11.3. The van der Waals surface area contributed by atoms with E-state index in [0.717, 1.165) is 28.2 Å². The highest BCUT2D eigenvalue weighted by Crippen LogP contribution is 2.55. The lowest BCUT2D eigenvalue weighted by atomic mass is 9.80. The SMILES string of the molecule is C=C/C=C(\C=C)N(c1ccc2c(c1)c1ccccc1n2C)c1cc2c(c(C=C)c1C=C)-c1ccc(-c3cccc4c3sc3ccccc34)cc1C2(C)C. The normalized spacial score (nSPS) is 13.4. The molecule has 0 amide bonds. The fourth-order valence-electron chi connectivity index (χ4n) is 8.74. The van der Waals surface area contributed by atoms with Crippen molar-refractivity contribution >= 4 is 76.8 Å². The Kier molecular flexibility index (Phi) is 7.55. The first-order valence-electron chi connectivity index (χ1n) is 18.0. The minimum atomic E-state index is -0.289. The molecule has 0 atom stereocenters. The fourth-order valence-corrected chi connectivity index (χ4v) is 9.98.